The van der Waals surface area contributed by atoms with Crippen LogP contribution in [0, 0.1) is 11.8 Å². The number of esters is 4. The first-order chi connectivity index (χ1) is 38.6. The normalized spacial score (nSPS) is 15.3. The van der Waals surface area contributed by atoms with Gasteiger partial charge in [0.2, 0.25) is 0 Å². The molecule has 0 radical (unpaired) electrons. The zero-order chi connectivity index (χ0) is 57.1. The molecular weight excluding hydrogens is 1030 g/mol. The number of benzene rings is 6. The van der Waals surface area contributed by atoms with Crippen LogP contribution in [-0.2, 0) is 43.5 Å². The lowest BCUT2D eigenvalue weighted by molar-refractivity contribution is -0.148. The van der Waals surface area contributed by atoms with E-state index < -0.39 is 83.4 Å². The number of aliphatic carboxylic acids is 1. The van der Waals surface area contributed by atoms with Gasteiger partial charge in [0, 0.05) is 24.5 Å². The van der Waals surface area contributed by atoms with E-state index in [4.69, 9.17) is 28.4 Å². The van der Waals surface area contributed by atoms with Crippen LogP contribution >= 0.6 is 0 Å². The van der Waals surface area contributed by atoms with Crippen LogP contribution in [0.15, 0.2) is 171 Å². The maximum atomic E-state index is 13.5. The standard InChI is InChI=1S/C63H54O17/c1-4-56(65)79-43(28-31-55(64)47-14-6-7-15-48(47)58(67)68)34-76-41-24-20-39(21-25-41)63(53-16-10-8-12-45(53)46-13-9-11-17-54(46)63)40-22-26-42(27-23-40)77-35-44(80-57(66)5-2)36-78-62(74)50-30-19-37(32-51(50)60(71)72)38-18-29-49(59(69)70)52(33-38)61(73)75-3/h4-13,16-27,29-30,32-33,43-44,47-48H,1-2,14-15,28,31,34-36H2,3H3,(H,67,68)(H,69,70)(H,71,72). The summed E-state index contributed by atoms with van der Waals surface area (Å²) in [6, 6.07) is 38.6. The van der Waals surface area contributed by atoms with E-state index in [0.717, 1.165) is 52.6 Å². The summed E-state index contributed by atoms with van der Waals surface area (Å²) in [5.41, 5.74) is 4.03. The fraction of sp³-hybridized carbons (Fsp3) is 0.206. The topological polar surface area (TPSA) is 253 Å². The van der Waals surface area contributed by atoms with Crippen molar-refractivity contribution in [3.63, 3.8) is 0 Å². The predicted molar refractivity (Wildman–Crippen MR) is 290 cm³/mol. The van der Waals surface area contributed by atoms with Gasteiger partial charge in [-0.3, -0.25) is 9.59 Å². The van der Waals surface area contributed by atoms with Gasteiger partial charge in [-0.05, 0) is 112 Å². The number of Topliss-reactive ketones (excluding diaryl/α,β-unsaturated/α-hetero) is 1. The number of fused-ring (bicyclic) bond motifs is 3. The third kappa shape index (κ3) is 12.1. The van der Waals surface area contributed by atoms with E-state index in [9.17, 15) is 53.7 Å². The van der Waals surface area contributed by atoms with Crippen LogP contribution in [0.1, 0.15) is 89.4 Å². The van der Waals surface area contributed by atoms with Crippen molar-refractivity contribution in [3.05, 3.63) is 215 Å². The summed E-state index contributed by atoms with van der Waals surface area (Å²) in [7, 11) is 1.09. The largest absolute Gasteiger partial charge is 0.490 e. The summed E-state index contributed by atoms with van der Waals surface area (Å²) < 4.78 is 33.6. The van der Waals surface area contributed by atoms with Crippen LogP contribution in [0.5, 0.6) is 11.5 Å². The fourth-order valence-corrected chi connectivity index (χ4v) is 10.2. The summed E-state index contributed by atoms with van der Waals surface area (Å²) in [6.07, 6.45) is 4.18. The Morgan fingerprint density at radius 2 is 1.05 bits per heavy atom. The Balaban J connectivity index is 0.996. The van der Waals surface area contributed by atoms with Gasteiger partial charge in [-0.15, -0.1) is 0 Å². The number of carbonyl (C=O) groups is 8. The van der Waals surface area contributed by atoms with Gasteiger partial charge in [-0.1, -0.05) is 110 Å². The average molecular weight is 1080 g/mol. The van der Waals surface area contributed by atoms with E-state index in [1.54, 1.807) is 18.2 Å². The number of ketones is 1. The Morgan fingerprint density at radius 1 is 0.562 bits per heavy atom. The molecule has 3 N–H and O–H groups in total. The maximum Gasteiger partial charge on any atom is 0.339 e. The molecule has 80 heavy (non-hydrogen) atoms. The molecule has 0 spiro atoms. The van der Waals surface area contributed by atoms with Gasteiger partial charge in [0.25, 0.3) is 0 Å². The Kier molecular flexibility index (Phi) is 17.6. The zero-order valence-electron chi connectivity index (χ0n) is 43.2. The molecule has 6 aromatic rings. The second-order valence-corrected chi connectivity index (χ2v) is 18.8. The van der Waals surface area contributed by atoms with Crippen molar-refractivity contribution >= 4 is 47.6 Å². The summed E-state index contributed by atoms with van der Waals surface area (Å²) in [6.45, 7) is 5.99. The number of hydrogen-bond acceptors (Lipinski definition) is 14. The molecule has 0 amide bonds. The maximum absolute atomic E-state index is 13.5. The smallest absolute Gasteiger partial charge is 0.339 e. The molecule has 17 nitrogen and oxygen atoms in total. The molecule has 0 aliphatic heterocycles. The molecule has 0 bridgehead atoms. The molecule has 0 aromatic heterocycles. The van der Waals surface area contributed by atoms with Gasteiger partial charge in [0.1, 0.15) is 43.2 Å². The molecule has 0 saturated carbocycles. The number of rotatable bonds is 24. The highest BCUT2D eigenvalue weighted by Crippen LogP contribution is 2.56. The monoisotopic (exact) mass is 1080 g/mol. The Morgan fingerprint density at radius 3 is 1.56 bits per heavy atom. The second kappa shape index (κ2) is 25.1. The van der Waals surface area contributed by atoms with Crippen molar-refractivity contribution in [2.75, 3.05) is 26.9 Å². The van der Waals surface area contributed by atoms with Crippen LogP contribution in [-0.4, -0.2) is 102 Å². The van der Waals surface area contributed by atoms with E-state index in [1.807, 2.05) is 66.7 Å². The third-order valence-electron chi connectivity index (χ3n) is 14.0. The lowest BCUT2D eigenvalue weighted by Gasteiger charge is -2.34. The van der Waals surface area contributed by atoms with Gasteiger partial charge < -0.3 is 43.7 Å². The van der Waals surface area contributed by atoms with Crippen LogP contribution in [0.25, 0.3) is 22.3 Å². The summed E-state index contributed by atoms with van der Waals surface area (Å²) in [5, 5.41) is 29.4. The number of carbonyl (C=O) groups excluding carboxylic acids is 5. The number of ether oxygens (including phenoxy) is 6. The van der Waals surface area contributed by atoms with Gasteiger partial charge >= 0.3 is 41.8 Å². The number of carboxylic acids is 3. The number of allylic oxidation sites excluding steroid dienone is 2. The molecule has 17 heteroatoms. The van der Waals surface area contributed by atoms with Crippen LogP contribution in [0.4, 0.5) is 0 Å². The molecule has 0 heterocycles. The third-order valence-corrected chi connectivity index (χ3v) is 14.0. The highest BCUT2D eigenvalue weighted by atomic mass is 16.6. The quantitative estimate of drug-likeness (QED) is 0.0220. The first kappa shape index (κ1) is 56.3. The molecule has 408 valence electrons. The van der Waals surface area contributed by atoms with Crippen LogP contribution < -0.4 is 9.47 Å². The van der Waals surface area contributed by atoms with Crippen LogP contribution in [0.2, 0.25) is 0 Å². The number of hydrogen-bond donors (Lipinski definition) is 3. The van der Waals surface area contributed by atoms with E-state index in [0.29, 0.717) is 17.9 Å². The Hall–Kier alpha value is -9.90. The number of carboxylic acid groups (broad SMARTS) is 3. The molecule has 0 fully saturated rings. The fourth-order valence-electron chi connectivity index (χ4n) is 10.2. The average Bonchev–Trinajstić information content (AvgIpc) is 4.02. The molecule has 2 aliphatic carbocycles. The lowest BCUT2D eigenvalue weighted by atomic mass is 9.68. The van der Waals surface area contributed by atoms with Crippen molar-refractivity contribution in [2.24, 2.45) is 11.8 Å². The van der Waals surface area contributed by atoms with E-state index >= 15 is 0 Å². The van der Waals surface area contributed by atoms with Crippen molar-refractivity contribution in [1.82, 2.24) is 0 Å². The van der Waals surface area contributed by atoms with Gasteiger partial charge in [0.15, 0.2) is 6.10 Å². The van der Waals surface area contributed by atoms with Crippen molar-refractivity contribution in [2.45, 2.75) is 43.3 Å². The van der Waals surface area contributed by atoms with Crippen molar-refractivity contribution < 1.29 is 82.1 Å². The Bertz CT molecular complexity index is 3380. The Labute approximate surface area is 459 Å². The van der Waals surface area contributed by atoms with Gasteiger partial charge in [-0.25, -0.2) is 28.8 Å². The predicted octanol–water partition coefficient (Wildman–Crippen LogP) is 9.73. The molecule has 0 saturated heterocycles. The summed E-state index contributed by atoms with van der Waals surface area (Å²) in [5.74, 6) is -8.32. The van der Waals surface area contributed by atoms with E-state index in [2.05, 4.69) is 37.4 Å². The summed E-state index contributed by atoms with van der Waals surface area (Å²) >= 11 is 0. The van der Waals surface area contributed by atoms with Crippen molar-refractivity contribution in [1.29, 1.82) is 0 Å². The molecular formula is C63H54O17. The van der Waals surface area contributed by atoms with Crippen molar-refractivity contribution in [3.8, 4) is 33.8 Å². The zero-order valence-corrected chi connectivity index (χ0v) is 43.2. The number of methoxy groups -OCH3 is 1. The van der Waals surface area contributed by atoms with E-state index in [1.165, 1.54) is 36.4 Å². The minimum Gasteiger partial charge on any atom is -0.490 e. The van der Waals surface area contributed by atoms with Gasteiger partial charge in [0.05, 0.1) is 40.7 Å². The number of aromatic carboxylic acids is 2. The second-order valence-electron chi connectivity index (χ2n) is 18.8. The first-order valence-corrected chi connectivity index (χ1v) is 25.3. The van der Waals surface area contributed by atoms with Crippen LogP contribution in [0.3, 0.4) is 0 Å². The molecule has 6 aromatic carbocycles. The lowest BCUT2D eigenvalue weighted by Crippen LogP contribution is -2.32. The van der Waals surface area contributed by atoms with Gasteiger partial charge in [-0.2, -0.15) is 0 Å². The minimum atomic E-state index is -1.49. The SMILES string of the molecule is C=CC(=O)OC(CCC(=O)C1CC=CCC1C(=O)O)COc1ccc(C2(c3ccc(OCC(COC(=O)c4ccc(-c5ccc(C(=O)O)c(C(=O)OC)c5)cc4C(=O)O)OC(=O)C=C)cc3)c3ccccc3-c3ccccc32)cc1. The molecule has 4 unspecified atom stereocenters. The van der Waals surface area contributed by atoms with E-state index in [-0.39, 0.29) is 66.1 Å². The molecule has 8 rings (SSSR count). The summed E-state index contributed by atoms with van der Waals surface area (Å²) in [4.78, 5) is 100. The minimum absolute atomic E-state index is 0.0141. The first-order valence-electron chi connectivity index (χ1n) is 25.3. The highest BCUT2D eigenvalue weighted by molar-refractivity contribution is 6.05. The highest BCUT2D eigenvalue weighted by Gasteiger charge is 2.46. The molecule has 2 aliphatic rings. The molecule has 4 atom stereocenters.